The Morgan fingerprint density at radius 3 is 3.00 bits per heavy atom. The number of halogens is 1. The Morgan fingerprint density at radius 1 is 1.44 bits per heavy atom. The van der Waals surface area contributed by atoms with Crippen LogP contribution in [-0.4, -0.2) is 31.0 Å². The van der Waals surface area contributed by atoms with Gasteiger partial charge in [-0.25, -0.2) is 4.98 Å². The lowest BCUT2D eigenvalue weighted by atomic mass is 10.6. The zero-order valence-corrected chi connectivity index (χ0v) is 9.09. The first kappa shape index (κ1) is 10.6. The molecule has 16 heavy (non-hydrogen) atoms. The molecule has 0 amide bonds. The van der Waals surface area contributed by atoms with E-state index in [9.17, 15) is 0 Å². The second-order valence-electron chi connectivity index (χ2n) is 2.87. The third-order valence-electron chi connectivity index (χ3n) is 1.74. The number of nitrogens with zero attached hydrogens (tertiary/aromatic N) is 5. The molecule has 2 aromatic rings. The van der Waals surface area contributed by atoms with Gasteiger partial charge in [0, 0.05) is 18.9 Å². The predicted molar refractivity (Wildman–Crippen MR) is 60.6 cm³/mol. The number of hydrogen-bond acceptors (Lipinski definition) is 5. The summed E-state index contributed by atoms with van der Waals surface area (Å²) >= 11 is 5.78. The summed E-state index contributed by atoms with van der Waals surface area (Å²) in [4.78, 5) is 16.0. The Kier molecular flexibility index (Phi) is 3.11. The van der Waals surface area contributed by atoms with Crippen LogP contribution in [0, 0.1) is 0 Å². The molecule has 0 spiro atoms. The topological polar surface area (TPSA) is 68.5 Å². The molecule has 0 fully saturated rings. The highest BCUT2D eigenvalue weighted by molar-refractivity contribution is 6.28. The van der Waals surface area contributed by atoms with Crippen LogP contribution in [0.1, 0.15) is 0 Å². The Labute approximate surface area is 97.0 Å². The SMILES string of the molecule is C=CCNc1nc(Cl)nc(-n2ccnc2)n1. The van der Waals surface area contributed by atoms with Gasteiger partial charge in [-0.3, -0.25) is 4.57 Å². The fourth-order valence-corrected chi connectivity index (χ4v) is 1.23. The molecular formula is C9H9ClN6. The van der Waals surface area contributed by atoms with Gasteiger partial charge in [0.05, 0.1) is 0 Å². The van der Waals surface area contributed by atoms with Crippen molar-refractivity contribution in [3.8, 4) is 5.95 Å². The summed E-state index contributed by atoms with van der Waals surface area (Å²) in [7, 11) is 0. The van der Waals surface area contributed by atoms with E-state index in [4.69, 9.17) is 11.6 Å². The van der Waals surface area contributed by atoms with E-state index in [0.717, 1.165) is 0 Å². The van der Waals surface area contributed by atoms with Gasteiger partial charge in [-0.2, -0.15) is 15.0 Å². The van der Waals surface area contributed by atoms with Gasteiger partial charge in [0.15, 0.2) is 0 Å². The van der Waals surface area contributed by atoms with E-state index in [1.54, 1.807) is 29.4 Å². The molecule has 0 radical (unpaired) electrons. The van der Waals surface area contributed by atoms with E-state index in [1.807, 2.05) is 0 Å². The van der Waals surface area contributed by atoms with Crippen LogP contribution < -0.4 is 5.32 Å². The first-order valence-corrected chi connectivity index (χ1v) is 4.92. The molecule has 0 aliphatic heterocycles. The molecule has 0 bridgehead atoms. The minimum atomic E-state index is 0.130. The molecule has 7 heteroatoms. The first-order chi connectivity index (χ1) is 7.79. The van der Waals surface area contributed by atoms with Gasteiger partial charge in [-0.1, -0.05) is 6.08 Å². The maximum absolute atomic E-state index is 5.78. The van der Waals surface area contributed by atoms with Gasteiger partial charge in [0.2, 0.25) is 17.2 Å². The monoisotopic (exact) mass is 236 g/mol. The number of nitrogens with one attached hydrogen (secondary N) is 1. The van der Waals surface area contributed by atoms with E-state index >= 15 is 0 Å². The minimum absolute atomic E-state index is 0.130. The van der Waals surface area contributed by atoms with Crippen LogP contribution in [0.5, 0.6) is 0 Å². The summed E-state index contributed by atoms with van der Waals surface area (Å²) in [5.41, 5.74) is 0. The van der Waals surface area contributed by atoms with Crippen molar-refractivity contribution in [3.63, 3.8) is 0 Å². The zero-order valence-electron chi connectivity index (χ0n) is 8.34. The zero-order chi connectivity index (χ0) is 11.4. The van der Waals surface area contributed by atoms with Crippen molar-refractivity contribution in [2.75, 3.05) is 11.9 Å². The van der Waals surface area contributed by atoms with Gasteiger partial charge in [-0.05, 0) is 11.6 Å². The largest absolute Gasteiger partial charge is 0.351 e. The van der Waals surface area contributed by atoms with Crippen molar-refractivity contribution in [1.82, 2.24) is 24.5 Å². The second kappa shape index (κ2) is 4.71. The van der Waals surface area contributed by atoms with Crippen molar-refractivity contribution >= 4 is 17.5 Å². The Morgan fingerprint density at radius 2 is 2.31 bits per heavy atom. The number of imidazole rings is 1. The second-order valence-corrected chi connectivity index (χ2v) is 3.21. The summed E-state index contributed by atoms with van der Waals surface area (Å²) in [6.45, 7) is 4.15. The average Bonchev–Trinajstić information content (AvgIpc) is 2.79. The summed E-state index contributed by atoms with van der Waals surface area (Å²) < 4.78 is 1.65. The van der Waals surface area contributed by atoms with Crippen LogP contribution in [0.4, 0.5) is 5.95 Å². The molecule has 0 aliphatic carbocycles. The smallest absolute Gasteiger partial charge is 0.241 e. The van der Waals surface area contributed by atoms with Crippen LogP contribution >= 0.6 is 11.6 Å². The summed E-state index contributed by atoms with van der Waals surface area (Å²) in [6.07, 6.45) is 6.65. The van der Waals surface area contributed by atoms with Gasteiger partial charge < -0.3 is 5.32 Å². The molecule has 0 saturated carbocycles. The fraction of sp³-hybridized carbons (Fsp3) is 0.111. The van der Waals surface area contributed by atoms with E-state index in [0.29, 0.717) is 18.4 Å². The molecule has 0 aromatic carbocycles. The molecular weight excluding hydrogens is 228 g/mol. The Hall–Kier alpha value is -1.95. The Balaban J connectivity index is 2.32. The van der Waals surface area contributed by atoms with Crippen LogP contribution in [-0.2, 0) is 0 Å². The summed E-state index contributed by atoms with van der Waals surface area (Å²) in [5, 5.41) is 3.07. The van der Waals surface area contributed by atoms with Crippen LogP contribution in [0.15, 0.2) is 31.4 Å². The minimum Gasteiger partial charge on any atom is -0.351 e. The van der Waals surface area contributed by atoms with Gasteiger partial charge in [0.1, 0.15) is 6.33 Å². The summed E-state index contributed by atoms with van der Waals surface area (Å²) in [5.74, 6) is 0.827. The first-order valence-electron chi connectivity index (χ1n) is 4.54. The number of rotatable bonds is 4. The average molecular weight is 237 g/mol. The molecule has 2 heterocycles. The van der Waals surface area contributed by atoms with E-state index < -0.39 is 0 Å². The molecule has 1 N–H and O–H groups in total. The normalized spacial score (nSPS) is 10.1. The van der Waals surface area contributed by atoms with Crippen LogP contribution in [0.2, 0.25) is 5.28 Å². The molecule has 2 aromatic heterocycles. The predicted octanol–water partition coefficient (Wildman–Crippen LogP) is 1.31. The van der Waals surface area contributed by atoms with E-state index in [1.165, 1.54) is 0 Å². The maximum Gasteiger partial charge on any atom is 0.241 e. The van der Waals surface area contributed by atoms with Gasteiger partial charge in [-0.15, -0.1) is 6.58 Å². The standard InChI is InChI=1S/C9H9ClN6/c1-2-3-12-8-13-7(10)14-9(15-8)16-5-4-11-6-16/h2,4-6H,1,3H2,(H,12,13,14,15). The molecule has 6 nitrogen and oxygen atoms in total. The third-order valence-corrected chi connectivity index (χ3v) is 1.91. The van der Waals surface area contributed by atoms with Crippen molar-refractivity contribution in [1.29, 1.82) is 0 Å². The lowest BCUT2D eigenvalue weighted by Gasteiger charge is -2.04. The van der Waals surface area contributed by atoms with E-state index in [2.05, 4.69) is 31.8 Å². The van der Waals surface area contributed by atoms with Crippen molar-refractivity contribution in [2.24, 2.45) is 0 Å². The van der Waals surface area contributed by atoms with Crippen molar-refractivity contribution in [2.45, 2.75) is 0 Å². The van der Waals surface area contributed by atoms with Crippen molar-refractivity contribution in [3.05, 3.63) is 36.7 Å². The molecule has 82 valence electrons. The highest BCUT2D eigenvalue weighted by atomic mass is 35.5. The molecule has 2 rings (SSSR count). The lowest BCUT2D eigenvalue weighted by Crippen LogP contribution is -2.08. The van der Waals surface area contributed by atoms with Crippen molar-refractivity contribution < 1.29 is 0 Å². The lowest BCUT2D eigenvalue weighted by molar-refractivity contribution is 0.894. The molecule has 0 unspecified atom stereocenters. The number of hydrogen-bond donors (Lipinski definition) is 1. The molecule has 0 aliphatic rings. The van der Waals surface area contributed by atoms with Gasteiger partial charge in [0.25, 0.3) is 0 Å². The quantitative estimate of drug-likeness (QED) is 0.811. The fourth-order valence-electron chi connectivity index (χ4n) is 1.08. The van der Waals surface area contributed by atoms with Gasteiger partial charge >= 0.3 is 0 Å². The highest BCUT2D eigenvalue weighted by Crippen LogP contribution is 2.08. The number of aromatic nitrogens is 5. The third kappa shape index (κ3) is 2.34. The summed E-state index contributed by atoms with van der Waals surface area (Å²) in [6, 6.07) is 0. The van der Waals surface area contributed by atoms with E-state index in [-0.39, 0.29) is 5.28 Å². The Bertz CT molecular complexity index is 481. The molecule has 0 atom stereocenters. The van der Waals surface area contributed by atoms with Crippen LogP contribution in [0.25, 0.3) is 5.95 Å². The maximum atomic E-state index is 5.78. The highest BCUT2D eigenvalue weighted by Gasteiger charge is 2.05. The van der Waals surface area contributed by atoms with Crippen LogP contribution in [0.3, 0.4) is 0 Å². The molecule has 0 saturated heterocycles. The number of anilines is 1.